The van der Waals surface area contributed by atoms with Crippen LogP contribution in [0.2, 0.25) is 0 Å². The van der Waals surface area contributed by atoms with E-state index >= 15 is 0 Å². The summed E-state index contributed by atoms with van der Waals surface area (Å²) in [5, 5.41) is 9.16. The molecule has 126 valence electrons. The molecule has 0 saturated carbocycles. The summed E-state index contributed by atoms with van der Waals surface area (Å²) in [6, 6.07) is 14.3. The summed E-state index contributed by atoms with van der Waals surface area (Å²) in [5.41, 5.74) is 3.33. The first-order valence-electron chi connectivity index (χ1n) is 8.45. The van der Waals surface area contributed by atoms with Crippen molar-refractivity contribution in [2.45, 2.75) is 39.2 Å². The number of nitrogens with zero attached hydrogens (tertiary/aromatic N) is 2. The van der Waals surface area contributed by atoms with Crippen molar-refractivity contribution < 1.29 is 9.52 Å². The third kappa shape index (κ3) is 3.60. The van der Waals surface area contributed by atoms with Crippen LogP contribution < -0.4 is 0 Å². The molecule has 1 atom stereocenters. The number of rotatable bonds is 7. The molecule has 0 radical (unpaired) electrons. The fraction of sp³-hybridized carbons (Fsp3) is 0.350. The van der Waals surface area contributed by atoms with Crippen LogP contribution in [0.1, 0.15) is 36.5 Å². The molecule has 3 rings (SSSR count). The highest BCUT2D eigenvalue weighted by molar-refractivity contribution is 5.62. The Labute approximate surface area is 142 Å². The molecule has 0 saturated heterocycles. The third-order valence-corrected chi connectivity index (χ3v) is 4.30. The van der Waals surface area contributed by atoms with Gasteiger partial charge in [-0.1, -0.05) is 37.3 Å². The smallest absolute Gasteiger partial charge is 0.107 e. The van der Waals surface area contributed by atoms with E-state index in [2.05, 4.69) is 34.7 Å². The first-order valence-corrected chi connectivity index (χ1v) is 8.45. The number of aliphatic hydroxyl groups excluding tert-OH is 1. The molecule has 2 aromatic heterocycles. The van der Waals surface area contributed by atoms with Gasteiger partial charge in [-0.25, -0.2) is 4.98 Å². The lowest BCUT2D eigenvalue weighted by molar-refractivity contribution is 0.279. The standard InChI is InChI=1S/C20H24N2O2/c1-15(19-10-9-16(2)24-19)13-18-20(17-7-4-3-5-8-17)21-14-22(18)11-6-12-23/h3-5,7-10,14-15,23H,6,11-13H2,1-2H3. The highest BCUT2D eigenvalue weighted by Gasteiger charge is 2.18. The van der Waals surface area contributed by atoms with Gasteiger partial charge in [-0.05, 0) is 31.9 Å². The van der Waals surface area contributed by atoms with E-state index < -0.39 is 0 Å². The van der Waals surface area contributed by atoms with Crippen molar-refractivity contribution in [2.24, 2.45) is 0 Å². The van der Waals surface area contributed by atoms with Gasteiger partial charge in [0.25, 0.3) is 0 Å². The predicted molar refractivity (Wildman–Crippen MR) is 94.9 cm³/mol. The van der Waals surface area contributed by atoms with Crippen LogP contribution in [-0.2, 0) is 13.0 Å². The number of aromatic nitrogens is 2. The third-order valence-electron chi connectivity index (χ3n) is 4.30. The van der Waals surface area contributed by atoms with Crippen molar-refractivity contribution in [1.29, 1.82) is 0 Å². The van der Waals surface area contributed by atoms with Gasteiger partial charge in [0.15, 0.2) is 0 Å². The number of aliphatic hydroxyl groups is 1. The molecule has 0 fully saturated rings. The Morgan fingerprint density at radius 1 is 1.17 bits per heavy atom. The Hall–Kier alpha value is -2.33. The minimum absolute atomic E-state index is 0.186. The predicted octanol–water partition coefficient (Wildman–Crippen LogP) is 4.18. The van der Waals surface area contributed by atoms with Gasteiger partial charge in [0.1, 0.15) is 11.5 Å². The molecule has 0 aliphatic heterocycles. The second kappa shape index (κ2) is 7.49. The summed E-state index contributed by atoms with van der Waals surface area (Å²) in [7, 11) is 0. The first kappa shape index (κ1) is 16.5. The molecule has 0 aliphatic carbocycles. The van der Waals surface area contributed by atoms with Crippen LogP contribution in [0.3, 0.4) is 0 Å². The second-order valence-corrected chi connectivity index (χ2v) is 6.23. The van der Waals surface area contributed by atoms with Crippen LogP contribution in [0.4, 0.5) is 0 Å². The molecule has 0 bridgehead atoms. The van der Waals surface area contributed by atoms with E-state index in [0.29, 0.717) is 0 Å². The molecule has 4 heteroatoms. The van der Waals surface area contributed by atoms with Gasteiger partial charge in [0, 0.05) is 30.3 Å². The van der Waals surface area contributed by atoms with Crippen molar-refractivity contribution >= 4 is 0 Å². The lowest BCUT2D eigenvalue weighted by Crippen LogP contribution is -2.08. The van der Waals surface area contributed by atoms with Crippen LogP contribution in [0, 0.1) is 6.92 Å². The van der Waals surface area contributed by atoms with Crippen LogP contribution in [0.5, 0.6) is 0 Å². The van der Waals surface area contributed by atoms with Crippen molar-refractivity contribution in [3.63, 3.8) is 0 Å². The van der Waals surface area contributed by atoms with Gasteiger partial charge in [-0.2, -0.15) is 0 Å². The maximum Gasteiger partial charge on any atom is 0.107 e. The fourth-order valence-corrected chi connectivity index (χ4v) is 3.00. The van der Waals surface area contributed by atoms with Crippen molar-refractivity contribution in [3.8, 4) is 11.3 Å². The quantitative estimate of drug-likeness (QED) is 0.709. The molecule has 1 aromatic carbocycles. The maximum atomic E-state index is 9.16. The second-order valence-electron chi connectivity index (χ2n) is 6.23. The number of imidazole rings is 1. The number of furan rings is 1. The summed E-state index contributed by atoms with van der Waals surface area (Å²) in [6.07, 6.45) is 3.46. The highest BCUT2D eigenvalue weighted by atomic mass is 16.3. The van der Waals surface area contributed by atoms with Gasteiger partial charge in [0.05, 0.1) is 12.0 Å². The SMILES string of the molecule is Cc1ccc(C(C)Cc2c(-c3ccccc3)ncn2CCCO)o1. The summed E-state index contributed by atoms with van der Waals surface area (Å²) >= 11 is 0. The number of benzene rings is 1. The summed E-state index contributed by atoms with van der Waals surface area (Å²) in [6.45, 7) is 5.11. The van der Waals surface area contributed by atoms with Crippen LogP contribution >= 0.6 is 0 Å². The normalized spacial score (nSPS) is 12.5. The zero-order chi connectivity index (χ0) is 16.9. The Balaban J connectivity index is 1.92. The molecule has 24 heavy (non-hydrogen) atoms. The van der Waals surface area contributed by atoms with E-state index in [-0.39, 0.29) is 12.5 Å². The highest BCUT2D eigenvalue weighted by Crippen LogP contribution is 2.28. The summed E-state index contributed by atoms with van der Waals surface area (Å²) in [4.78, 5) is 4.64. The molecule has 0 amide bonds. The molecule has 0 aliphatic rings. The van der Waals surface area contributed by atoms with Gasteiger partial charge in [0.2, 0.25) is 0 Å². The zero-order valence-electron chi connectivity index (χ0n) is 14.3. The Morgan fingerprint density at radius 2 is 1.96 bits per heavy atom. The lowest BCUT2D eigenvalue weighted by atomic mass is 9.99. The molecule has 4 nitrogen and oxygen atoms in total. The largest absolute Gasteiger partial charge is 0.466 e. The number of hydrogen-bond donors (Lipinski definition) is 1. The molecule has 2 heterocycles. The molecular weight excluding hydrogens is 300 g/mol. The van der Waals surface area contributed by atoms with Crippen LogP contribution in [0.15, 0.2) is 53.2 Å². The summed E-state index contributed by atoms with van der Waals surface area (Å²) in [5.74, 6) is 2.21. The van der Waals surface area contributed by atoms with Gasteiger partial charge in [-0.15, -0.1) is 0 Å². The average molecular weight is 324 g/mol. The Bertz CT molecular complexity index is 774. The molecular formula is C20H24N2O2. The number of hydrogen-bond acceptors (Lipinski definition) is 3. The van der Waals surface area contributed by atoms with Crippen molar-refractivity contribution in [2.75, 3.05) is 6.61 Å². The summed E-state index contributed by atoms with van der Waals surface area (Å²) < 4.78 is 7.95. The topological polar surface area (TPSA) is 51.2 Å². The van der Waals surface area contributed by atoms with Gasteiger partial charge < -0.3 is 14.1 Å². The minimum atomic E-state index is 0.186. The van der Waals surface area contributed by atoms with Crippen LogP contribution in [-0.4, -0.2) is 21.3 Å². The maximum absolute atomic E-state index is 9.16. The lowest BCUT2D eigenvalue weighted by Gasteiger charge is -2.14. The monoisotopic (exact) mass is 324 g/mol. The molecule has 3 aromatic rings. The van der Waals surface area contributed by atoms with E-state index in [0.717, 1.165) is 42.2 Å². The Morgan fingerprint density at radius 3 is 2.62 bits per heavy atom. The minimum Gasteiger partial charge on any atom is -0.466 e. The van der Waals surface area contributed by atoms with E-state index in [4.69, 9.17) is 9.52 Å². The number of aryl methyl sites for hydroxylation is 2. The zero-order valence-corrected chi connectivity index (χ0v) is 14.3. The van der Waals surface area contributed by atoms with Gasteiger partial charge >= 0.3 is 0 Å². The molecule has 0 spiro atoms. The van der Waals surface area contributed by atoms with Crippen LogP contribution in [0.25, 0.3) is 11.3 Å². The van der Waals surface area contributed by atoms with E-state index in [1.807, 2.05) is 37.5 Å². The van der Waals surface area contributed by atoms with E-state index in [9.17, 15) is 0 Å². The van der Waals surface area contributed by atoms with E-state index in [1.165, 1.54) is 5.69 Å². The Kier molecular flexibility index (Phi) is 5.16. The van der Waals surface area contributed by atoms with Crippen molar-refractivity contribution in [3.05, 3.63) is 66.0 Å². The van der Waals surface area contributed by atoms with Crippen molar-refractivity contribution in [1.82, 2.24) is 9.55 Å². The molecule has 1 unspecified atom stereocenters. The average Bonchev–Trinajstić information content (AvgIpc) is 3.20. The fourth-order valence-electron chi connectivity index (χ4n) is 3.00. The van der Waals surface area contributed by atoms with E-state index in [1.54, 1.807) is 0 Å². The molecule has 1 N–H and O–H groups in total. The first-order chi connectivity index (χ1) is 11.7. The van der Waals surface area contributed by atoms with Gasteiger partial charge in [-0.3, -0.25) is 0 Å².